The Bertz CT molecular complexity index is 3700. The Balaban J connectivity index is 0.00000517. The van der Waals surface area contributed by atoms with Gasteiger partial charge >= 0.3 is 0 Å². The third-order valence-corrected chi connectivity index (χ3v) is 17.8. The van der Waals surface area contributed by atoms with Crippen molar-refractivity contribution in [1.82, 2.24) is 9.55 Å². The van der Waals surface area contributed by atoms with E-state index in [-0.39, 0.29) is 33.2 Å². The van der Waals surface area contributed by atoms with Gasteiger partial charge in [0, 0.05) is 52.4 Å². The molecule has 0 unspecified atom stereocenters. The van der Waals surface area contributed by atoms with Crippen molar-refractivity contribution in [3.63, 3.8) is 0 Å². The molecular formula is C62H47BN4O2PtSi-2. The summed E-state index contributed by atoms with van der Waals surface area (Å²) in [4.78, 5) is 7.06. The van der Waals surface area contributed by atoms with E-state index in [0.717, 1.165) is 78.5 Å². The fourth-order valence-electron chi connectivity index (χ4n) is 10.9. The van der Waals surface area contributed by atoms with E-state index in [1.54, 1.807) is 0 Å². The molecule has 8 aromatic carbocycles. The van der Waals surface area contributed by atoms with Gasteiger partial charge in [-0.25, -0.2) is 4.98 Å². The van der Waals surface area contributed by atoms with Crippen LogP contribution in [0.3, 0.4) is 0 Å². The van der Waals surface area contributed by atoms with Crippen LogP contribution in [0.1, 0.15) is 26.3 Å². The number of rotatable bonds is 7. The summed E-state index contributed by atoms with van der Waals surface area (Å²) in [5.41, 5.74) is 15.2. The fourth-order valence-corrected chi connectivity index (χ4v) is 13.8. The number of benzene rings is 8. The Morgan fingerprint density at radius 2 is 1.20 bits per heavy atom. The van der Waals surface area contributed by atoms with Gasteiger partial charge in [0.15, 0.2) is 24.2 Å². The number of anilines is 2. The van der Waals surface area contributed by atoms with Crippen molar-refractivity contribution in [2.24, 2.45) is 0 Å². The summed E-state index contributed by atoms with van der Waals surface area (Å²) in [5, 5.41) is 2.63. The molecule has 0 bridgehead atoms. The van der Waals surface area contributed by atoms with Crippen LogP contribution in [0.4, 0.5) is 11.5 Å². The second kappa shape index (κ2) is 17.1. The van der Waals surface area contributed by atoms with Gasteiger partial charge in [0.2, 0.25) is 0 Å². The molecule has 13 rings (SSSR count). The van der Waals surface area contributed by atoms with Crippen LogP contribution in [-0.4, -0.2) is 24.3 Å². The normalized spacial score (nSPS) is 13.8. The molecule has 0 saturated carbocycles. The number of pyridine rings is 1. The molecular weight excluding hydrogens is 1070 g/mol. The Labute approximate surface area is 430 Å². The number of aromatic nitrogens is 3. The van der Waals surface area contributed by atoms with Crippen LogP contribution in [0, 0.1) is 18.5 Å². The van der Waals surface area contributed by atoms with Gasteiger partial charge in [0.1, 0.15) is 0 Å². The number of imidazole rings is 1. The first-order valence-electron chi connectivity index (χ1n) is 24.0. The molecule has 0 fully saturated rings. The van der Waals surface area contributed by atoms with E-state index in [1.807, 2.05) is 12.3 Å². The Morgan fingerprint density at radius 1 is 0.606 bits per heavy atom. The summed E-state index contributed by atoms with van der Waals surface area (Å²) >= 11 is 0. The number of nitrogens with zero attached hydrogens (tertiary/aromatic N) is 4. The number of para-hydroxylation sites is 2. The molecule has 0 atom stereocenters. The van der Waals surface area contributed by atoms with E-state index in [2.05, 4.69) is 248 Å². The monoisotopic (exact) mass is 1110 g/mol. The Hall–Kier alpha value is -7.51. The van der Waals surface area contributed by atoms with E-state index in [1.165, 1.54) is 21.4 Å². The molecule has 3 aliphatic heterocycles. The van der Waals surface area contributed by atoms with Crippen molar-refractivity contribution in [2.45, 2.75) is 39.3 Å². The van der Waals surface area contributed by atoms with Crippen LogP contribution < -0.4 is 40.2 Å². The van der Waals surface area contributed by atoms with E-state index in [4.69, 9.17) is 14.5 Å². The second-order valence-electron chi connectivity index (χ2n) is 20.0. The van der Waals surface area contributed by atoms with Gasteiger partial charge in [0.25, 0.3) is 6.33 Å². The first kappa shape index (κ1) is 44.7. The van der Waals surface area contributed by atoms with Gasteiger partial charge in [-0.05, 0) is 50.5 Å². The zero-order chi connectivity index (χ0) is 47.3. The number of ether oxygens (including phenoxy) is 2. The predicted molar refractivity (Wildman–Crippen MR) is 286 cm³/mol. The molecule has 71 heavy (non-hydrogen) atoms. The molecule has 0 radical (unpaired) electrons. The summed E-state index contributed by atoms with van der Waals surface area (Å²) in [5.74, 6) is 5.63. The zero-order valence-electron chi connectivity index (χ0n) is 40.0. The first-order chi connectivity index (χ1) is 34.1. The molecule has 10 aromatic rings. The maximum atomic E-state index is 6.92. The van der Waals surface area contributed by atoms with Crippen molar-refractivity contribution >= 4 is 58.6 Å². The Kier molecular flexibility index (Phi) is 10.8. The van der Waals surface area contributed by atoms with Crippen molar-refractivity contribution < 1.29 is 35.1 Å². The summed E-state index contributed by atoms with van der Waals surface area (Å²) in [7, 11) is -2.26. The average Bonchev–Trinajstić information content (AvgIpc) is 3.98. The van der Waals surface area contributed by atoms with Gasteiger partial charge in [-0.3, -0.25) is 9.47 Å². The maximum absolute atomic E-state index is 6.92. The predicted octanol–water partition coefficient (Wildman–Crippen LogP) is 11.5. The quantitative estimate of drug-likeness (QED) is 0.0906. The molecule has 0 aliphatic carbocycles. The van der Waals surface area contributed by atoms with Crippen LogP contribution in [0.15, 0.2) is 200 Å². The molecule has 0 N–H and O–H groups in total. The largest absolute Gasteiger partial charge is 0.510 e. The number of hydrogen-bond donors (Lipinski definition) is 0. The number of fused-ring (bicyclic) bond motifs is 7. The van der Waals surface area contributed by atoms with Crippen molar-refractivity contribution in [1.29, 1.82) is 0 Å². The molecule has 0 saturated heterocycles. The maximum Gasteiger partial charge on any atom is 0.268 e. The van der Waals surface area contributed by atoms with E-state index < -0.39 is 8.07 Å². The smallest absolute Gasteiger partial charge is 0.268 e. The third-order valence-electron chi connectivity index (χ3n) is 14.3. The SMILES string of the molecule is CC(C)(C)c1ccnc2c1OC1=CB(c3ccccc3-c3ccccc3)c3ccc(Oc4[c-]c5c(cc4)[Si](C)(C)c4cccc6c4n-5[c-][n+]6-c4c(-c5ccccc5)cccc4-c4ccccc4)[c-]c3N12.[Pt]. The Morgan fingerprint density at radius 3 is 1.87 bits per heavy atom. The molecule has 3 aliphatic rings. The molecule has 6 nitrogen and oxygen atoms in total. The van der Waals surface area contributed by atoms with Crippen LogP contribution in [0.2, 0.25) is 13.1 Å². The third kappa shape index (κ3) is 7.26. The molecule has 0 spiro atoms. The van der Waals surface area contributed by atoms with Gasteiger partial charge in [-0.15, -0.1) is 34.9 Å². The molecule has 5 heterocycles. The minimum Gasteiger partial charge on any atom is -0.510 e. The van der Waals surface area contributed by atoms with E-state index in [0.29, 0.717) is 17.4 Å². The topological polar surface area (TPSA) is 43.4 Å². The standard InChI is InChI=1S/C62H47BN4O2Si.Pt/c1-62(2,3)49-35-36-64-61-60(49)69-57-39-63(50-28-16-15-25-46(50)41-19-9-6-10-20-41)51-33-31-44(37-53(51)67(57)61)68-45-32-34-55-54(38-45)66-40-65(52-29-18-30-56(59(52)66)70(55,4)5)58-47(42-21-11-7-12-22-42)26-17-27-48(58)43-23-13-8-14-24-43;/h6-36,39H,1-5H3;/q-2;. The van der Waals surface area contributed by atoms with E-state index >= 15 is 0 Å². The summed E-state index contributed by atoms with van der Waals surface area (Å²) in [6.45, 7) is 11.4. The van der Waals surface area contributed by atoms with Crippen LogP contribution >= 0.6 is 0 Å². The van der Waals surface area contributed by atoms with Crippen molar-refractivity contribution in [2.75, 3.05) is 4.90 Å². The zero-order valence-corrected chi connectivity index (χ0v) is 43.2. The fraction of sp³-hybridized carbons (Fsp3) is 0.0968. The van der Waals surface area contributed by atoms with Crippen LogP contribution in [-0.2, 0) is 26.5 Å². The van der Waals surface area contributed by atoms with Gasteiger partial charge < -0.3 is 14.0 Å². The molecule has 2 aromatic heterocycles. The first-order valence-corrected chi connectivity index (χ1v) is 27.0. The molecule has 9 heteroatoms. The number of hydrogen-bond acceptors (Lipinski definition) is 4. The molecule has 346 valence electrons. The minimum absolute atomic E-state index is 0. The van der Waals surface area contributed by atoms with Crippen molar-refractivity contribution in [3.05, 3.63) is 224 Å². The summed E-state index contributed by atoms with van der Waals surface area (Å²) in [6.07, 6.45) is 5.79. The van der Waals surface area contributed by atoms with Crippen molar-refractivity contribution in [3.8, 4) is 62.0 Å². The van der Waals surface area contributed by atoms with Crippen LogP contribution in [0.5, 0.6) is 17.2 Å². The summed E-state index contributed by atoms with van der Waals surface area (Å²) < 4.78 is 18.3. The van der Waals surface area contributed by atoms with Gasteiger partial charge in [-0.1, -0.05) is 208 Å². The molecule has 0 amide bonds. The van der Waals surface area contributed by atoms with E-state index in [9.17, 15) is 0 Å². The van der Waals surface area contributed by atoms with Crippen LogP contribution in [0.25, 0.3) is 55.8 Å². The summed E-state index contributed by atoms with van der Waals surface area (Å²) in [6, 6.07) is 72.1. The van der Waals surface area contributed by atoms with Gasteiger partial charge in [-0.2, -0.15) is 12.1 Å². The van der Waals surface area contributed by atoms with Gasteiger partial charge in [0.05, 0.1) is 16.7 Å². The minimum atomic E-state index is -2.26. The average molecular weight is 1110 g/mol. The second-order valence-corrected chi connectivity index (χ2v) is 24.3.